The molecule has 1 amide bonds. The van der Waals surface area contributed by atoms with E-state index in [2.05, 4.69) is 10.3 Å². The topological polar surface area (TPSA) is 45.2 Å². The number of hydrogen-bond acceptors (Lipinski definition) is 4. The minimum Gasteiger partial charge on any atom is -0.336 e. The van der Waals surface area contributed by atoms with E-state index in [4.69, 9.17) is 11.6 Å². The number of nitrogens with one attached hydrogen (secondary N) is 1. The first kappa shape index (κ1) is 22.2. The zero-order valence-electron chi connectivity index (χ0n) is 14.1. The number of amides is 1. The van der Waals surface area contributed by atoms with Gasteiger partial charge in [0.2, 0.25) is 0 Å². The summed E-state index contributed by atoms with van der Waals surface area (Å²) in [6.45, 7) is 3.48. The Balaban J connectivity index is 0.00000156. The van der Waals surface area contributed by atoms with Crippen molar-refractivity contribution in [2.45, 2.75) is 25.8 Å². The Labute approximate surface area is 169 Å². The summed E-state index contributed by atoms with van der Waals surface area (Å²) in [5.41, 5.74) is 1.75. The lowest BCUT2D eigenvalue weighted by Gasteiger charge is -2.32. The van der Waals surface area contributed by atoms with E-state index in [9.17, 15) is 4.79 Å². The fourth-order valence-electron chi connectivity index (χ4n) is 2.88. The van der Waals surface area contributed by atoms with Crippen LogP contribution in [-0.2, 0) is 0 Å². The predicted octanol–water partition coefficient (Wildman–Crippen LogP) is 4.44. The lowest BCUT2D eigenvalue weighted by Crippen LogP contribution is -2.46. The molecular formula is C17H22Cl3N3OS. The van der Waals surface area contributed by atoms with E-state index >= 15 is 0 Å². The average Bonchev–Trinajstić information content (AvgIpc) is 2.96. The molecule has 1 saturated heterocycles. The zero-order valence-corrected chi connectivity index (χ0v) is 17.3. The molecule has 0 aliphatic carbocycles. The zero-order chi connectivity index (χ0) is 16.4. The van der Waals surface area contributed by atoms with E-state index in [-0.39, 0.29) is 30.7 Å². The second-order valence-corrected chi connectivity index (χ2v) is 7.26. The number of rotatable bonds is 3. The number of carbonyl (C=O) groups is 1. The van der Waals surface area contributed by atoms with Crippen LogP contribution in [0.5, 0.6) is 0 Å². The van der Waals surface area contributed by atoms with Crippen molar-refractivity contribution in [3.8, 4) is 10.6 Å². The van der Waals surface area contributed by atoms with Gasteiger partial charge in [-0.15, -0.1) is 36.2 Å². The summed E-state index contributed by atoms with van der Waals surface area (Å²) in [6.07, 6.45) is 2.16. The van der Waals surface area contributed by atoms with Crippen molar-refractivity contribution in [2.75, 3.05) is 20.1 Å². The summed E-state index contributed by atoms with van der Waals surface area (Å²) >= 11 is 7.50. The van der Waals surface area contributed by atoms with Crippen LogP contribution in [0.2, 0.25) is 5.02 Å². The van der Waals surface area contributed by atoms with E-state index in [0.29, 0.717) is 11.1 Å². The second-order valence-electron chi connectivity index (χ2n) is 5.82. The molecule has 1 atom stereocenters. The molecule has 0 bridgehead atoms. The summed E-state index contributed by atoms with van der Waals surface area (Å²) in [6, 6.07) is 7.97. The van der Waals surface area contributed by atoms with Crippen molar-refractivity contribution in [2.24, 2.45) is 0 Å². The molecule has 138 valence electrons. The van der Waals surface area contributed by atoms with Crippen molar-refractivity contribution in [1.29, 1.82) is 0 Å². The van der Waals surface area contributed by atoms with E-state index in [0.717, 1.165) is 47.1 Å². The highest BCUT2D eigenvalue weighted by atomic mass is 35.5. The van der Waals surface area contributed by atoms with Gasteiger partial charge >= 0.3 is 0 Å². The Morgan fingerprint density at radius 1 is 1.40 bits per heavy atom. The number of likely N-dealkylation sites (N-methyl/N-ethyl adjacent to an activating group) is 1. The summed E-state index contributed by atoms with van der Waals surface area (Å²) < 4.78 is 0. The Hall–Kier alpha value is -0.850. The molecule has 2 heterocycles. The van der Waals surface area contributed by atoms with Gasteiger partial charge < -0.3 is 10.2 Å². The highest BCUT2D eigenvalue weighted by Crippen LogP contribution is 2.30. The van der Waals surface area contributed by atoms with Crippen LogP contribution in [0.25, 0.3) is 10.6 Å². The number of likely N-dealkylation sites (tertiary alicyclic amines) is 1. The number of piperidine rings is 1. The van der Waals surface area contributed by atoms with Gasteiger partial charge in [-0.2, -0.15) is 0 Å². The van der Waals surface area contributed by atoms with Crippen LogP contribution in [-0.4, -0.2) is 42.0 Å². The molecule has 8 heteroatoms. The van der Waals surface area contributed by atoms with Gasteiger partial charge in [0.05, 0.1) is 5.69 Å². The van der Waals surface area contributed by atoms with Crippen molar-refractivity contribution in [3.63, 3.8) is 0 Å². The van der Waals surface area contributed by atoms with Crippen LogP contribution in [0.4, 0.5) is 0 Å². The third-order valence-electron chi connectivity index (χ3n) is 4.18. The predicted molar refractivity (Wildman–Crippen MR) is 110 cm³/mol. The SMILES string of the molecule is CNC1CCCN(C(=O)c2sc(-c3cccc(Cl)c3)nc2C)C1.Cl.Cl. The number of hydrogen-bond donors (Lipinski definition) is 1. The maximum absolute atomic E-state index is 12.8. The van der Waals surface area contributed by atoms with Crippen LogP contribution in [0.15, 0.2) is 24.3 Å². The smallest absolute Gasteiger partial charge is 0.265 e. The van der Waals surface area contributed by atoms with Crippen LogP contribution in [0.1, 0.15) is 28.2 Å². The van der Waals surface area contributed by atoms with Gasteiger partial charge in [0, 0.05) is 29.7 Å². The monoisotopic (exact) mass is 421 g/mol. The minimum absolute atomic E-state index is 0. The number of thiazole rings is 1. The van der Waals surface area contributed by atoms with Gasteiger partial charge in [0.25, 0.3) is 5.91 Å². The first-order valence-corrected chi connectivity index (χ1v) is 8.98. The summed E-state index contributed by atoms with van der Waals surface area (Å²) in [7, 11) is 1.95. The Kier molecular flexibility index (Phi) is 8.64. The van der Waals surface area contributed by atoms with Crippen LogP contribution in [0, 0.1) is 6.92 Å². The maximum atomic E-state index is 12.8. The molecule has 0 saturated carbocycles. The van der Waals surface area contributed by atoms with Gasteiger partial charge in [0.15, 0.2) is 0 Å². The van der Waals surface area contributed by atoms with E-state index in [1.54, 1.807) is 0 Å². The maximum Gasteiger partial charge on any atom is 0.265 e. The molecule has 1 aromatic carbocycles. The number of carbonyl (C=O) groups excluding carboxylic acids is 1. The average molecular weight is 423 g/mol. The normalized spacial score (nSPS) is 16.8. The molecule has 1 aliphatic heterocycles. The molecule has 4 nitrogen and oxygen atoms in total. The lowest BCUT2D eigenvalue weighted by atomic mass is 10.1. The summed E-state index contributed by atoms with van der Waals surface area (Å²) in [4.78, 5) is 20.1. The largest absolute Gasteiger partial charge is 0.336 e. The molecule has 0 spiro atoms. The Morgan fingerprint density at radius 3 is 2.84 bits per heavy atom. The molecule has 2 aromatic rings. The van der Waals surface area contributed by atoms with E-state index in [1.807, 2.05) is 43.1 Å². The van der Waals surface area contributed by atoms with Crippen LogP contribution < -0.4 is 5.32 Å². The van der Waals surface area contributed by atoms with Gasteiger partial charge in [-0.05, 0) is 38.9 Å². The highest BCUT2D eigenvalue weighted by Gasteiger charge is 2.26. The third kappa shape index (κ3) is 5.08. The van der Waals surface area contributed by atoms with E-state index in [1.165, 1.54) is 11.3 Å². The van der Waals surface area contributed by atoms with Crippen LogP contribution >= 0.6 is 47.8 Å². The molecule has 1 fully saturated rings. The number of aromatic nitrogens is 1. The molecule has 1 N–H and O–H groups in total. The quantitative estimate of drug-likeness (QED) is 0.795. The Bertz CT molecular complexity index is 723. The second kappa shape index (κ2) is 9.74. The standard InChI is InChI=1S/C17H20ClN3OS.2ClH/c1-11-15(17(22)21-8-4-7-14(10-21)19-2)23-16(20-11)12-5-3-6-13(18)9-12;;/h3,5-6,9,14,19H,4,7-8,10H2,1-2H3;2*1H. The van der Waals surface area contributed by atoms with Crippen LogP contribution in [0.3, 0.4) is 0 Å². The lowest BCUT2D eigenvalue weighted by molar-refractivity contribution is 0.0702. The van der Waals surface area contributed by atoms with Gasteiger partial charge in [0.1, 0.15) is 9.88 Å². The Morgan fingerprint density at radius 2 is 2.16 bits per heavy atom. The molecule has 1 unspecified atom stereocenters. The number of benzene rings is 1. The molecule has 0 radical (unpaired) electrons. The summed E-state index contributed by atoms with van der Waals surface area (Å²) in [5.74, 6) is 0.0910. The number of aryl methyl sites for hydroxylation is 1. The van der Waals surface area contributed by atoms with Crippen molar-refractivity contribution < 1.29 is 4.79 Å². The number of halogens is 3. The fraction of sp³-hybridized carbons (Fsp3) is 0.412. The van der Waals surface area contributed by atoms with Crippen molar-refractivity contribution in [3.05, 3.63) is 39.9 Å². The first-order chi connectivity index (χ1) is 11.1. The van der Waals surface area contributed by atoms with Gasteiger partial charge in [-0.1, -0.05) is 23.7 Å². The molecule has 25 heavy (non-hydrogen) atoms. The molecule has 3 rings (SSSR count). The molecular weight excluding hydrogens is 401 g/mol. The van der Waals surface area contributed by atoms with Crippen molar-refractivity contribution >= 4 is 53.7 Å². The minimum atomic E-state index is 0. The molecule has 1 aliphatic rings. The van der Waals surface area contributed by atoms with E-state index < -0.39 is 0 Å². The number of nitrogens with zero attached hydrogens (tertiary/aromatic N) is 2. The fourth-order valence-corrected chi connectivity index (χ4v) is 4.10. The van der Waals surface area contributed by atoms with Gasteiger partial charge in [-0.25, -0.2) is 4.98 Å². The third-order valence-corrected chi connectivity index (χ3v) is 5.61. The van der Waals surface area contributed by atoms with Gasteiger partial charge in [-0.3, -0.25) is 4.79 Å². The highest BCUT2D eigenvalue weighted by molar-refractivity contribution is 7.17. The first-order valence-electron chi connectivity index (χ1n) is 7.78. The van der Waals surface area contributed by atoms with Crippen molar-refractivity contribution in [1.82, 2.24) is 15.2 Å². The summed E-state index contributed by atoms with van der Waals surface area (Å²) in [5, 5.41) is 4.79. The molecule has 1 aromatic heterocycles.